The van der Waals surface area contributed by atoms with Crippen LogP contribution in [0.3, 0.4) is 0 Å². The zero-order valence-corrected chi connectivity index (χ0v) is 24.6. The Morgan fingerprint density at radius 2 is 1.02 bits per heavy atom. The van der Waals surface area contributed by atoms with Gasteiger partial charge in [0.05, 0.1) is 12.3 Å². The first-order valence-electron chi connectivity index (χ1n) is 19.5. The maximum atomic E-state index is 9.04. The quantitative estimate of drug-likeness (QED) is 0.195. The highest BCUT2D eigenvalue weighted by Crippen LogP contribution is 2.36. The molecule has 0 fully saturated rings. The molecule has 0 atom stereocenters. The van der Waals surface area contributed by atoms with Gasteiger partial charge in [0.1, 0.15) is 11.2 Å². The number of hydrogen-bond acceptors (Lipinski definition) is 4. The molecule has 2 aromatic heterocycles. The highest BCUT2D eigenvalue weighted by atomic mass is 16.3. The second-order valence-corrected chi connectivity index (χ2v) is 11.0. The molecule has 7 aromatic carbocycles. The summed E-state index contributed by atoms with van der Waals surface area (Å²) >= 11 is 0. The van der Waals surface area contributed by atoms with Crippen LogP contribution in [0.15, 0.2) is 168 Å². The van der Waals surface area contributed by atoms with Crippen LogP contribution in [0.1, 0.15) is 12.3 Å². The summed E-state index contributed by atoms with van der Waals surface area (Å²) < 4.78 is 83.3. The molecule has 0 bridgehead atoms. The van der Waals surface area contributed by atoms with E-state index in [2.05, 4.69) is 29.2 Å². The lowest BCUT2D eigenvalue weighted by Crippen LogP contribution is -2.00. The van der Waals surface area contributed by atoms with Crippen molar-refractivity contribution < 1.29 is 16.8 Å². The lowest BCUT2D eigenvalue weighted by molar-refractivity contribution is 0.672. The Hall–Kier alpha value is -6.39. The minimum absolute atomic E-state index is 0.121. The number of furan rings is 1. The van der Waals surface area contributed by atoms with E-state index in [0.717, 1.165) is 43.8 Å². The Balaban J connectivity index is 1.19. The Kier molecular flexibility index (Phi) is 4.57. The van der Waals surface area contributed by atoms with Gasteiger partial charge in [0.2, 0.25) is 0 Å². The monoisotopic (exact) mass is 610 g/mol. The molecule has 0 aliphatic heterocycles. The zero-order chi connectivity index (χ0) is 39.0. The lowest BCUT2D eigenvalue weighted by atomic mass is 9.98. The molecule has 0 spiro atoms. The predicted molar refractivity (Wildman–Crippen MR) is 192 cm³/mol. The summed E-state index contributed by atoms with van der Waals surface area (Å²) in [5.74, 6) is 0.347. The Morgan fingerprint density at radius 1 is 0.404 bits per heavy atom. The fourth-order valence-corrected chi connectivity index (χ4v) is 5.79. The van der Waals surface area contributed by atoms with E-state index in [4.69, 9.17) is 26.7 Å². The number of nitrogens with zero attached hydrogens (tertiary/aromatic N) is 3. The van der Waals surface area contributed by atoms with Crippen LogP contribution in [0, 0.1) is 0 Å². The van der Waals surface area contributed by atoms with Gasteiger partial charge in [-0.3, -0.25) is 0 Å². The van der Waals surface area contributed by atoms with Crippen LogP contribution < -0.4 is 0 Å². The standard InChI is InChI=1S/C43H27N3O/c1-3-10-28(11-4-1)29-18-20-31(21-19-29)42-44-41(30-12-5-2-6-13-30)45-43(46-42)35-15-9-14-32(27-35)33-22-24-36-34(26-33)23-25-38-37-16-7-8-17-39(37)47-40(36)38/h1-27H/i1D,3D,4D,10D,11D,18D,19D,20D,21D. The van der Waals surface area contributed by atoms with E-state index in [9.17, 15) is 0 Å². The Labute approximate surface area is 284 Å². The molecule has 0 saturated carbocycles. The summed E-state index contributed by atoms with van der Waals surface area (Å²) in [6, 6.07) is 29.6. The van der Waals surface area contributed by atoms with Crippen LogP contribution >= 0.6 is 0 Å². The van der Waals surface area contributed by atoms with Crippen molar-refractivity contribution in [3.05, 3.63) is 164 Å². The molecule has 9 rings (SSSR count). The van der Waals surface area contributed by atoms with Crippen LogP contribution in [-0.2, 0) is 0 Å². The fourth-order valence-electron chi connectivity index (χ4n) is 5.79. The maximum absolute atomic E-state index is 9.04. The fraction of sp³-hybridized carbons (Fsp3) is 0. The average molecular weight is 611 g/mol. The van der Waals surface area contributed by atoms with Gasteiger partial charge in [-0.05, 0) is 58.0 Å². The summed E-state index contributed by atoms with van der Waals surface area (Å²) in [4.78, 5) is 14.2. The van der Waals surface area contributed by atoms with Gasteiger partial charge in [-0.25, -0.2) is 15.0 Å². The molecule has 0 unspecified atom stereocenters. The first-order valence-corrected chi connectivity index (χ1v) is 15.0. The number of rotatable bonds is 5. The lowest BCUT2D eigenvalue weighted by Gasteiger charge is -2.10. The summed E-state index contributed by atoms with van der Waals surface area (Å²) in [6.07, 6.45) is 0. The predicted octanol–water partition coefficient (Wildman–Crippen LogP) is 11.3. The largest absolute Gasteiger partial charge is 0.455 e. The van der Waals surface area contributed by atoms with E-state index >= 15 is 0 Å². The second-order valence-electron chi connectivity index (χ2n) is 11.0. The van der Waals surface area contributed by atoms with Crippen LogP contribution in [0.4, 0.5) is 0 Å². The molecule has 0 aliphatic rings. The first kappa shape index (κ1) is 19.2. The third-order valence-electron chi connectivity index (χ3n) is 8.08. The summed E-state index contributed by atoms with van der Waals surface area (Å²) in [7, 11) is 0. The molecule has 0 N–H and O–H groups in total. The molecule has 2 heterocycles. The van der Waals surface area contributed by atoms with Crippen molar-refractivity contribution >= 4 is 32.7 Å². The molecule has 0 saturated heterocycles. The molecule has 4 heteroatoms. The van der Waals surface area contributed by atoms with E-state index in [1.54, 1.807) is 0 Å². The third-order valence-corrected chi connectivity index (χ3v) is 8.08. The van der Waals surface area contributed by atoms with Gasteiger partial charge in [-0.2, -0.15) is 0 Å². The SMILES string of the molecule is [2H]c1c([2H])c([2H])c(-c2c([2H])c([2H])c(-c3nc(-c4ccccc4)nc(-c4cccc(-c5ccc6c(ccc7c8ccccc8oc67)c5)c4)n3)c([2H])c2[2H])c([2H])c1[2H]. The third kappa shape index (κ3) is 4.93. The van der Waals surface area contributed by atoms with E-state index in [1.807, 2.05) is 84.9 Å². The van der Waals surface area contributed by atoms with Gasteiger partial charge in [0, 0.05) is 32.8 Å². The summed E-state index contributed by atoms with van der Waals surface area (Å²) in [6.45, 7) is 0. The van der Waals surface area contributed by atoms with E-state index in [0.29, 0.717) is 11.1 Å². The highest BCUT2D eigenvalue weighted by Gasteiger charge is 2.14. The Bertz CT molecular complexity index is 3040. The highest BCUT2D eigenvalue weighted by molar-refractivity contribution is 6.15. The van der Waals surface area contributed by atoms with E-state index in [1.165, 1.54) is 0 Å². The molecule has 0 amide bonds. The minimum atomic E-state index is -0.647. The average Bonchev–Trinajstić information content (AvgIpc) is 3.62. The molecule has 0 aliphatic carbocycles. The molecule has 4 nitrogen and oxygen atoms in total. The van der Waals surface area contributed by atoms with Crippen LogP contribution in [0.25, 0.3) is 89.1 Å². The smallest absolute Gasteiger partial charge is 0.164 e. The van der Waals surface area contributed by atoms with Gasteiger partial charge in [-0.1, -0.05) is 133 Å². The van der Waals surface area contributed by atoms with Gasteiger partial charge in [0.15, 0.2) is 17.5 Å². The first-order chi connectivity index (χ1) is 27.0. The van der Waals surface area contributed by atoms with Crippen molar-refractivity contribution in [2.75, 3.05) is 0 Å². The molecule has 0 radical (unpaired) electrons. The number of benzene rings is 7. The van der Waals surface area contributed by atoms with Gasteiger partial charge in [-0.15, -0.1) is 0 Å². The van der Waals surface area contributed by atoms with Crippen molar-refractivity contribution in [2.45, 2.75) is 0 Å². The van der Waals surface area contributed by atoms with Crippen LogP contribution in [-0.4, -0.2) is 15.0 Å². The molecule has 9 aromatic rings. The zero-order valence-electron chi connectivity index (χ0n) is 33.6. The van der Waals surface area contributed by atoms with Gasteiger partial charge >= 0.3 is 0 Å². The number of hydrogen-bond donors (Lipinski definition) is 0. The van der Waals surface area contributed by atoms with Crippen molar-refractivity contribution in [3.63, 3.8) is 0 Å². The second kappa shape index (κ2) is 11.2. The van der Waals surface area contributed by atoms with Crippen LogP contribution in [0.2, 0.25) is 0 Å². The van der Waals surface area contributed by atoms with Crippen molar-refractivity contribution in [3.8, 4) is 56.4 Å². The normalized spacial score (nSPS) is 14.1. The van der Waals surface area contributed by atoms with E-state index < -0.39 is 65.5 Å². The number of aromatic nitrogens is 3. The summed E-state index contributed by atoms with van der Waals surface area (Å²) in [5.41, 5.74) is 3.66. The van der Waals surface area contributed by atoms with Crippen molar-refractivity contribution in [1.82, 2.24) is 15.0 Å². The molecular formula is C43H27N3O. The van der Waals surface area contributed by atoms with Crippen molar-refractivity contribution in [2.24, 2.45) is 0 Å². The maximum Gasteiger partial charge on any atom is 0.164 e. The minimum Gasteiger partial charge on any atom is -0.455 e. The number of fused-ring (bicyclic) bond motifs is 5. The van der Waals surface area contributed by atoms with Crippen molar-refractivity contribution in [1.29, 1.82) is 0 Å². The summed E-state index contributed by atoms with van der Waals surface area (Å²) in [5, 5.41) is 4.10. The van der Waals surface area contributed by atoms with Crippen LogP contribution in [0.5, 0.6) is 0 Å². The molecule has 220 valence electrons. The molecular weight excluding hydrogens is 574 g/mol. The number of para-hydroxylation sites is 1. The Morgan fingerprint density at radius 3 is 1.85 bits per heavy atom. The molecule has 47 heavy (non-hydrogen) atoms. The van der Waals surface area contributed by atoms with Gasteiger partial charge in [0.25, 0.3) is 0 Å². The van der Waals surface area contributed by atoms with Gasteiger partial charge < -0.3 is 4.42 Å². The topological polar surface area (TPSA) is 51.8 Å². The van der Waals surface area contributed by atoms with E-state index in [-0.39, 0.29) is 23.0 Å².